The summed E-state index contributed by atoms with van der Waals surface area (Å²) < 4.78 is 0. The zero-order chi connectivity index (χ0) is 13.5. The minimum Gasteiger partial charge on any atom is -0.340 e. The first kappa shape index (κ1) is 17.7. The average molecular weight is 304 g/mol. The number of hydrogen-bond donors (Lipinski definition) is 1. The molecule has 0 unspecified atom stereocenters. The van der Waals surface area contributed by atoms with Gasteiger partial charge in [-0.05, 0) is 19.4 Å². The van der Waals surface area contributed by atoms with Gasteiger partial charge in [-0.2, -0.15) is 0 Å². The van der Waals surface area contributed by atoms with Gasteiger partial charge in [0.15, 0.2) is 0 Å². The number of carbonyl (C=O) groups excluding carboxylic acids is 1. The Hall–Kier alpha value is -0.320. The molecule has 1 amide bonds. The summed E-state index contributed by atoms with van der Waals surface area (Å²) in [5.41, 5.74) is 0. The van der Waals surface area contributed by atoms with E-state index in [1.165, 1.54) is 32.1 Å². The largest absolute Gasteiger partial charge is 0.340 e. The van der Waals surface area contributed by atoms with E-state index >= 15 is 0 Å². The molecule has 2 aliphatic rings. The van der Waals surface area contributed by atoms with E-state index < -0.39 is 0 Å². The first-order chi connectivity index (χ1) is 9.31. The molecule has 1 saturated carbocycles. The minimum absolute atomic E-state index is 0. The van der Waals surface area contributed by atoms with Crippen molar-refractivity contribution in [3.8, 4) is 0 Å². The van der Waals surface area contributed by atoms with E-state index in [0.29, 0.717) is 12.3 Å². The second-order valence-electron chi connectivity index (χ2n) is 5.80. The highest BCUT2D eigenvalue weighted by atomic mass is 35.5. The van der Waals surface area contributed by atoms with Crippen LogP contribution in [-0.2, 0) is 4.79 Å². The molecule has 5 heteroatoms. The Balaban J connectivity index is 0.00000200. The van der Waals surface area contributed by atoms with E-state index in [4.69, 9.17) is 0 Å². The van der Waals surface area contributed by atoms with Gasteiger partial charge in [0, 0.05) is 45.2 Å². The summed E-state index contributed by atoms with van der Waals surface area (Å²) in [6, 6.07) is 0.731. The van der Waals surface area contributed by atoms with Gasteiger partial charge in [0.25, 0.3) is 0 Å². The van der Waals surface area contributed by atoms with Gasteiger partial charge in [0.05, 0.1) is 0 Å². The van der Waals surface area contributed by atoms with Crippen LogP contribution in [0, 0.1) is 0 Å². The van der Waals surface area contributed by atoms with Gasteiger partial charge >= 0.3 is 0 Å². The summed E-state index contributed by atoms with van der Waals surface area (Å²) in [7, 11) is 0. The Morgan fingerprint density at radius 3 is 2.45 bits per heavy atom. The van der Waals surface area contributed by atoms with Crippen LogP contribution in [-0.4, -0.2) is 61.0 Å². The van der Waals surface area contributed by atoms with Crippen molar-refractivity contribution in [3.63, 3.8) is 0 Å². The fourth-order valence-corrected chi connectivity index (χ4v) is 3.36. The predicted octanol–water partition coefficient (Wildman–Crippen LogP) is 1.88. The first-order valence-electron chi connectivity index (χ1n) is 8.04. The Morgan fingerprint density at radius 1 is 1.20 bits per heavy atom. The molecular formula is C15H30ClN3O. The summed E-state index contributed by atoms with van der Waals surface area (Å²) in [5, 5.41) is 3.29. The summed E-state index contributed by atoms with van der Waals surface area (Å²) in [5.74, 6) is 0.343. The van der Waals surface area contributed by atoms with E-state index in [0.717, 1.165) is 45.3 Å². The van der Waals surface area contributed by atoms with Crippen LogP contribution in [0.4, 0.5) is 0 Å². The van der Waals surface area contributed by atoms with Gasteiger partial charge in [-0.15, -0.1) is 12.4 Å². The van der Waals surface area contributed by atoms with Crippen LogP contribution < -0.4 is 5.32 Å². The fourth-order valence-electron chi connectivity index (χ4n) is 3.36. The smallest absolute Gasteiger partial charge is 0.223 e. The molecule has 20 heavy (non-hydrogen) atoms. The Kier molecular flexibility index (Phi) is 8.50. The van der Waals surface area contributed by atoms with Gasteiger partial charge < -0.3 is 15.1 Å². The maximum Gasteiger partial charge on any atom is 0.223 e. The average Bonchev–Trinajstić information content (AvgIpc) is 2.49. The van der Waals surface area contributed by atoms with Gasteiger partial charge in [-0.1, -0.05) is 26.2 Å². The second-order valence-corrected chi connectivity index (χ2v) is 5.80. The molecule has 0 spiro atoms. The third-order valence-corrected chi connectivity index (χ3v) is 4.58. The number of nitrogens with zero attached hydrogens (tertiary/aromatic N) is 2. The normalized spacial score (nSPS) is 20.8. The zero-order valence-corrected chi connectivity index (χ0v) is 13.6. The number of carbonyl (C=O) groups is 1. The van der Waals surface area contributed by atoms with Crippen molar-refractivity contribution in [2.45, 2.75) is 51.5 Å². The van der Waals surface area contributed by atoms with Gasteiger partial charge in [0.2, 0.25) is 5.91 Å². The summed E-state index contributed by atoms with van der Waals surface area (Å²) in [6.45, 7) is 7.92. The van der Waals surface area contributed by atoms with Gasteiger partial charge in [0.1, 0.15) is 0 Å². The molecule has 0 radical (unpaired) electrons. The molecule has 1 aliphatic carbocycles. The molecule has 2 rings (SSSR count). The molecule has 118 valence electrons. The molecule has 1 heterocycles. The molecular weight excluding hydrogens is 274 g/mol. The number of hydrogen-bond acceptors (Lipinski definition) is 3. The zero-order valence-electron chi connectivity index (χ0n) is 12.8. The lowest BCUT2D eigenvalue weighted by molar-refractivity contribution is -0.132. The van der Waals surface area contributed by atoms with E-state index in [2.05, 4.69) is 17.1 Å². The van der Waals surface area contributed by atoms with Crippen molar-refractivity contribution in [2.24, 2.45) is 0 Å². The number of amides is 1. The molecule has 0 aromatic rings. The molecule has 4 nitrogen and oxygen atoms in total. The SMILES string of the molecule is CCN(CCC(=O)N1CCNCC1)C1CCCCC1.Cl. The van der Waals surface area contributed by atoms with Crippen LogP contribution in [0.5, 0.6) is 0 Å². The minimum atomic E-state index is 0. The highest BCUT2D eigenvalue weighted by Gasteiger charge is 2.22. The first-order valence-corrected chi connectivity index (χ1v) is 8.04. The van der Waals surface area contributed by atoms with Crippen molar-refractivity contribution in [3.05, 3.63) is 0 Å². The molecule has 1 saturated heterocycles. The standard InChI is InChI=1S/C15H29N3O.ClH/c1-2-17(14-6-4-3-5-7-14)11-8-15(19)18-12-9-16-10-13-18;/h14,16H,2-13H2,1H3;1H. The molecule has 0 bridgehead atoms. The number of halogens is 1. The number of nitrogens with one attached hydrogen (secondary N) is 1. The highest BCUT2D eigenvalue weighted by molar-refractivity contribution is 5.85. The van der Waals surface area contributed by atoms with Crippen molar-refractivity contribution >= 4 is 18.3 Å². The van der Waals surface area contributed by atoms with Crippen LogP contribution >= 0.6 is 12.4 Å². The maximum absolute atomic E-state index is 12.2. The van der Waals surface area contributed by atoms with Crippen molar-refractivity contribution < 1.29 is 4.79 Å². The summed E-state index contributed by atoms with van der Waals surface area (Å²) in [6.07, 6.45) is 7.49. The summed E-state index contributed by atoms with van der Waals surface area (Å²) in [4.78, 5) is 16.7. The predicted molar refractivity (Wildman–Crippen MR) is 85.4 cm³/mol. The molecule has 1 aliphatic heterocycles. The third-order valence-electron chi connectivity index (χ3n) is 4.58. The topological polar surface area (TPSA) is 35.6 Å². The second kappa shape index (κ2) is 9.59. The Bertz CT molecular complexity index is 276. The van der Waals surface area contributed by atoms with Crippen molar-refractivity contribution in [1.29, 1.82) is 0 Å². The Labute approximate surface area is 129 Å². The van der Waals surface area contributed by atoms with Crippen molar-refractivity contribution in [1.82, 2.24) is 15.1 Å². The molecule has 0 aromatic heterocycles. The fraction of sp³-hybridized carbons (Fsp3) is 0.933. The van der Waals surface area contributed by atoms with E-state index in [1.807, 2.05) is 4.90 Å². The third kappa shape index (κ3) is 5.23. The summed E-state index contributed by atoms with van der Waals surface area (Å²) >= 11 is 0. The van der Waals surface area contributed by atoms with Crippen LogP contribution in [0.25, 0.3) is 0 Å². The van der Waals surface area contributed by atoms with Crippen LogP contribution in [0.2, 0.25) is 0 Å². The highest BCUT2D eigenvalue weighted by Crippen LogP contribution is 2.22. The molecule has 0 aromatic carbocycles. The lowest BCUT2D eigenvalue weighted by atomic mass is 9.94. The monoisotopic (exact) mass is 303 g/mol. The van der Waals surface area contributed by atoms with Crippen molar-refractivity contribution in [2.75, 3.05) is 39.3 Å². The molecule has 1 N–H and O–H groups in total. The number of piperazine rings is 1. The van der Waals surface area contributed by atoms with E-state index in [1.54, 1.807) is 0 Å². The lowest BCUT2D eigenvalue weighted by Gasteiger charge is -2.34. The lowest BCUT2D eigenvalue weighted by Crippen LogP contribution is -2.47. The van der Waals surface area contributed by atoms with Crippen LogP contribution in [0.1, 0.15) is 45.4 Å². The van der Waals surface area contributed by atoms with E-state index in [-0.39, 0.29) is 12.4 Å². The quantitative estimate of drug-likeness (QED) is 0.842. The van der Waals surface area contributed by atoms with Crippen LogP contribution in [0.3, 0.4) is 0 Å². The van der Waals surface area contributed by atoms with Gasteiger partial charge in [-0.25, -0.2) is 0 Å². The maximum atomic E-state index is 12.2. The Morgan fingerprint density at radius 2 is 1.85 bits per heavy atom. The van der Waals surface area contributed by atoms with Gasteiger partial charge in [-0.3, -0.25) is 4.79 Å². The van der Waals surface area contributed by atoms with E-state index in [9.17, 15) is 4.79 Å². The molecule has 0 atom stereocenters. The number of rotatable bonds is 5. The van der Waals surface area contributed by atoms with Crippen LogP contribution in [0.15, 0.2) is 0 Å². The molecule has 2 fully saturated rings.